The number of rotatable bonds is 5. The second-order valence-electron chi connectivity index (χ2n) is 4.37. The SMILES string of the molecule is CCCc1nnsc1C(=O)NCc1cc(N)ccc1O. The smallest absolute Gasteiger partial charge is 0.265 e. The third-order valence-electron chi connectivity index (χ3n) is 2.79. The van der Waals surface area contributed by atoms with E-state index in [2.05, 4.69) is 14.9 Å². The highest BCUT2D eigenvalue weighted by atomic mass is 32.1. The van der Waals surface area contributed by atoms with Crippen LogP contribution in [0.15, 0.2) is 18.2 Å². The molecule has 0 unspecified atom stereocenters. The number of nitrogen functional groups attached to an aromatic ring is 1. The minimum absolute atomic E-state index is 0.107. The molecule has 7 heteroatoms. The number of carbonyl (C=O) groups excluding carboxylic acids is 1. The van der Waals surface area contributed by atoms with Crippen molar-refractivity contribution >= 4 is 23.1 Å². The summed E-state index contributed by atoms with van der Waals surface area (Å²) in [4.78, 5) is 12.6. The molecule has 1 amide bonds. The van der Waals surface area contributed by atoms with Gasteiger partial charge in [0.2, 0.25) is 0 Å². The highest BCUT2D eigenvalue weighted by molar-refractivity contribution is 7.08. The van der Waals surface area contributed by atoms with Crippen LogP contribution >= 0.6 is 11.5 Å². The Balaban J connectivity index is 2.05. The van der Waals surface area contributed by atoms with Gasteiger partial charge in [0.05, 0.1) is 5.69 Å². The molecule has 0 radical (unpaired) electrons. The second-order valence-corrected chi connectivity index (χ2v) is 5.12. The Morgan fingerprint density at radius 2 is 2.30 bits per heavy atom. The molecular formula is C13H16N4O2S. The molecule has 0 bridgehead atoms. The molecule has 20 heavy (non-hydrogen) atoms. The molecule has 0 aliphatic rings. The van der Waals surface area contributed by atoms with Crippen LogP contribution < -0.4 is 11.1 Å². The van der Waals surface area contributed by atoms with Crippen LogP contribution in [0.1, 0.15) is 34.3 Å². The van der Waals surface area contributed by atoms with E-state index in [1.54, 1.807) is 12.1 Å². The van der Waals surface area contributed by atoms with Crippen LogP contribution in [-0.4, -0.2) is 20.6 Å². The van der Waals surface area contributed by atoms with Gasteiger partial charge in [0, 0.05) is 17.8 Å². The summed E-state index contributed by atoms with van der Waals surface area (Å²) < 4.78 is 3.81. The van der Waals surface area contributed by atoms with Crippen molar-refractivity contribution in [3.8, 4) is 5.75 Å². The lowest BCUT2D eigenvalue weighted by Gasteiger charge is -2.07. The first-order valence-electron chi connectivity index (χ1n) is 6.28. The number of aromatic hydroxyl groups is 1. The first kappa shape index (κ1) is 14.3. The van der Waals surface area contributed by atoms with E-state index >= 15 is 0 Å². The minimum Gasteiger partial charge on any atom is -0.508 e. The molecule has 0 saturated carbocycles. The largest absolute Gasteiger partial charge is 0.508 e. The number of aryl methyl sites for hydroxylation is 1. The topological polar surface area (TPSA) is 101 Å². The van der Waals surface area contributed by atoms with Crippen LogP contribution in [0.5, 0.6) is 5.75 Å². The molecule has 6 nitrogen and oxygen atoms in total. The van der Waals surface area contributed by atoms with Crippen molar-refractivity contribution in [2.24, 2.45) is 0 Å². The summed E-state index contributed by atoms with van der Waals surface area (Å²) in [5.41, 5.74) is 7.48. The minimum atomic E-state index is -0.231. The van der Waals surface area contributed by atoms with E-state index in [4.69, 9.17) is 5.73 Å². The predicted molar refractivity (Wildman–Crippen MR) is 77.6 cm³/mol. The molecule has 2 rings (SSSR count). The Morgan fingerprint density at radius 1 is 1.50 bits per heavy atom. The van der Waals surface area contributed by atoms with E-state index in [-0.39, 0.29) is 18.2 Å². The van der Waals surface area contributed by atoms with Gasteiger partial charge in [-0.15, -0.1) is 5.10 Å². The van der Waals surface area contributed by atoms with E-state index in [0.717, 1.165) is 24.4 Å². The average Bonchev–Trinajstić information content (AvgIpc) is 2.88. The number of hydrogen-bond acceptors (Lipinski definition) is 6. The van der Waals surface area contributed by atoms with Gasteiger partial charge < -0.3 is 16.2 Å². The maximum Gasteiger partial charge on any atom is 0.265 e. The fraction of sp³-hybridized carbons (Fsp3) is 0.308. The normalized spacial score (nSPS) is 10.4. The Hall–Kier alpha value is -2.15. The lowest BCUT2D eigenvalue weighted by atomic mass is 10.1. The van der Waals surface area contributed by atoms with Crippen LogP contribution in [0.4, 0.5) is 5.69 Å². The maximum absolute atomic E-state index is 12.1. The van der Waals surface area contributed by atoms with Crippen molar-refractivity contribution in [2.75, 3.05) is 5.73 Å². The van der Waals surface area contributed by atoms with Gasteiger partial charge in [0.1, 0.15) is 10.6 Å². The van der Waals surface area contributed by atoms with Crippen molar-refractivity contribution in [1.82, 2.24) is 14.9 Å². The van der Waals surface area contributed by atoms with Gasteiger partial charge in [0.15, 0.2) is 0 Å². The summed E-state index contributed by atoms with van der Waals surface area (Å²) in [6, 6.07) is 4.74. The predicted octanol–water partition coefficient (Wildman–Crippen LogP) is 1.71. The first-order valence-corrected chi connectivity index (χ1v) is 7.06. The summed E-state index contributed by atoms with van der Waals surface area (Å²) in [5, 5.41) is 16.4. The number of nitrogens with two attached hydrogens (primary N) is 1. The van der Waals surface area contributed by atoms with Crippen LogP contribution in [0.25, 0.3) is 0 Å². The van der Waals surface area contributed by atoms with Crippen molar-refractivity contribution < 1.29 is 9.90 Å². The Morgan fingerprint density at radius 3 is 3.05 bits per heavy atom. The second kappa shape index (κ2) is 6.33. The molecule has 0 aliphatic heterocycles. The summed E-state index contributed by atoms with van der Waals surface area (Å²) in [5.74, 6) is -0.124. The van der Waals surface area contributed by atoms with Gasteiger partial charge in [0.25, 0.3) is 5.91 Å². The highest BCUT2D eigenvalue weighted by Crippen LogP contribution is 2.20. The lowest BCUT2D eigenvalue weighted by Crippen LogP contribution is -2.23. The quantitative estimate of drug-likeness (QED) is 0.575. The van der Waals surface area contributed by atoms with Crippen molar-refractivity contribution in [2.45, 2.75) is 26.3 Å². The number of nitrogens with one attached hydrogen (secondary N) is 1. The third kappa shape index (κ3) is 3.24. The number of phenols is 1. The zero-order chi connectivity index (χ0) is 14.5. The van der Waals surface area contributed by atoms with E-state index in [0.29, 0.717) is 21.8 Å². The molecule has 106 valence electrons. The van der Waals surface area contributed by atoms with Crippen LogP contribution in [-0.2, 0) is 13.0 Å². The van der Waals surface area contributed by atoms with Crippen molar-refractivity contribution in [3.63, 3.8) is 0 Å². The number of aromatic nitrogens is 2. The van der Waals surface area contributed by atoms with Crippen molar-refractivity contribution in [1.29, 1.82) is 0 Å². The zero-order valence-corrected chi connectivity index (χ0v) is 11.9. The summed E-state index contributed by atoms with van der Waals surface area (Å²) >= 11 is 1.08. The average molecular weight is 292 g/mol. The molecule has 2 aromatic rings. The number of phenolic OH excluding ortho intramolecular Hbond substituents is 1. The molecule has 1 aromatic carbocycles. The molecule has 0 fully saturated rings. The summed E-state index contributed by atoms with van der Waals surface area (Å²) in [6.45, 7) is 2.23. The van der Waals surface area contributed by atoms with Gasteiger partial charge in [-0.2, -0.15) is 0 Å². The lowest BCUT2D eigenvalue weighted by molar-refractivity contribution is 0.0953. The number of benzene rings is 1. The molecule has 1 heterocycles. The Kier molecular flexibility index (Phi) is 4.52. The monoisotopic (exact) mass is 292 g/mol. The number of carbonyl (C=O) groups is 1. The van der Waals surface area contributed by atoms with Gasteiger partial charge in [-0.05, 0) is 36.2 Å². The van der Waals surface area contributed by atoms with Crippen molar-refractivity contribution in [3.05, 3.63) is 34.3 Å². The molecule has 0 atom stereocenters. The number of nitrogens with zero attached hydrogens (tertiary/aromatic N) is 2. The zero-order valence-electron chi connectivity index (χ0n) is 11.1. The number of amides is 1. The maximum atomic E-state index is 12.1. The molecule has 4 N–H and O–H groups in total. The van der Waals surface area contributed by atoms with E-state index in [1.807, 2.05) is 6.92 Å². The Labute approximate surface area is 120 Å². The highest BCUT2D eigenvalue weighted by Gasteiger charge is 2.15. The Bertz CT molecular complexity index is 612. The molecule has 0 aliphatic carbocycles. The number of anilines is 1. The number of hydrogen-bond donors (Lipinski definition) is 3. The van der Waals surface area contributed by atoms with Gasteiger partial charge in [-0.1, -0.05) is 17.8 Å². The van der Waals surface area contributed by atoms with Crippen LogP contribution in [0.2, 0.25) is 0 Å². The molecule has 1 aromatic heterocycles. The van der Waals surface area contributed by atoms with Gasteiger partial charge in [-0.25, -0.2) is 0 Å². The fourth-order valence-electron chi connectivity index (χ4n) is 1.78. The van der Waals surface area contributed by atoms with E-state index in [9.17, 15) is 9.90 Å². The van der Waals surface area contributed by atoms with Gasteiger partial charge >= 0.3 is 0 Å². The van der Waals surface area contributed by atoms with Crippen LogP contribution in [0, 0.1) is 0 Å². The van der Waals surface area contributed by atoms with Gasteiger partial charge in [-0.3, -0.25) is 4.79 Å². The van der Waals surface area contributed by atoms with Crippen LogP contribution in [0.3, 0.4) is 0 Å². The molecule has 0 saturated heterocycles. The fourth-order valence-corrected chi connectivity index (χ4v) is 2.41. The first-order chi connectivity index (χ1) is 9.61. The molecule has 0 spiro atoms. The van der Waals surface area contributed by atoms with E-state index in [1.165, 1.54) is 6.07 Å². The summed E-state index contributed by atoms with van der Waals surface area (Å²) in [7, 11) is 0. The molecular weight excluding hydrogens is 276 g/mol. The third-order valence-corrected chi connectivity index (χ3v) is 3.56. The summed E-state index contributed by atoms with van der Waals surface area (Å²) in [6.07, 6.45) is 1.63. The van der Waals surface area contributed by atoms with E-state index < -0.39 is 0 Å². The standard InChI is InChI=1S/C13H16N4O2S/c1-2-3-10-12(20-17-16-10)13(19)15-7-8-6-9(14)4-5-11(8)18/h4-6,18H,2-3,7,14H2,1H3,(H,15,19).